The van der Waals surface area contributed by atoms with E-state index in [1.807, 2.05) is 6.92 Å². The molecule has 0 fully saturated rings. The van der Waals surface area contributed by atoms with E-state index in [0.29, 0.717) is 5.92 Å². The highest BCUT2D eigenvalue weighted by molar-refractivity contribution is 5.81. The van der Waals surface area contributed by atoms with Crippen LogP contribution in [0.4, 0.5) is 5.69 Å². The van der Waals surface area contributed by atoms with Crippen molar-refractivity contribution in [2.45, 2.75) is 61.3 Å². The number of nitrogens with zero attached hydrogens (tertiary/aromatic N) is 1. The zero-order valence-corrected chi connectivity index (χ0v) is 16.3. The standard InChI is InChI=1S/C22H32N2/c1-14(2)12-19-18(13-22(5,6)7)20(21(23)16(4)24-19)17-10-8-15(3)9-11-17/h8-11,14H,12-13,23H2,1-7H3. The van der Waals surface area contributed by atoms with E-state index in [1.165, 1.54) is 27.9 Å². The third-order valence-corrected chi connectivity index (χ3v) is 4.26. The molecule has 0 bridgehead atoms. The average Bonchev–Trinajstić information content (AvgIpc) is 2.44. The Hall–Kier alpha value is -1.83. The van der Waals surface area contributed by atoms with Gasteiger partial charge in [0.25, 0.3) is 0 Å². The third kappa shape index (κ3) is 4.37. The maximum absolute atomic E-state index is 6.51. The second-order valence-corrected chi connectivity index (χ2v) is 8.61. The van der Waals surface area contributed by atoms with E-state index in [-0.39, 0.29) is 5.41 Å². The SMILES string of the molecule is Cc1ccc(-c2c(N)c(C)nc(CC(C)C)c2CC(C)(C)C)cc1. The maximum atomic E-state index is 6.51. The van der Waals surface area contributed by atoms with Crippen LogP contribution in [0, 0.1) is 25.2 Å². The van der Waals surface area contributed by atoms with Crippen molar-refractivity contribution >= 4 is 5.69 Å². The number of benzene rings is 1. The second-order valence-electron chi connectivity index (χ2n) is 8.61. The van der Waals surface area contributed by atoms with E-state index < -0.39 is 0 Å². The van der Waals surface area contributed by atoms with Crippen LogP contribution in [0.15, 0.2) is 24.3 Å². The highest BCUT2D eigenvalue weighted by Crippen LogP contribution is 2.37. The molecule has 1 heterocycles. The Morgan fingerprint density at radius 1 is 1.04 bits per heavy atom. The number of hydrogen-bond acceptors (Lipinski definition) is 2. The molecule has 24 heavy (non-hydrogen) atoms. The van der Waals surface area contributed by atoms with E-state index >= 15 is 0 Å². The van der Waals surface area contributed by atoms with Gasteiger partial charge in [0.2, 0.25) is 0 Å². The highest BCUT2D eigenvalue weighted by Gasteiger charge is 2.22. The second kappa shape index (κ2) is 6.96. The topological polar surface area (TPSA) is 38.9 Å². The fraction of sp³-hybridized carbons (Fsp3) is 0.500. The first-order chi connectivity index (χ1) is 11.1. The summed E-state index contributed by atoms with van der Waals surface area (Å²) in [5, 5.41) is 0. The lowest BCUT2D eigenvalue weighted by atomic mass is 9.82. The van der Waals surface area contributed by atoms with Crippen LogP contribution in [-0.2, 0) is 12.8 Å². The molecule has 130 valence electrons. The van der Waals surface area contributed by atoms with Crippen molar-refractivity contribution in [2.24, 2.45) is 11.3 Å². The van der Waals surface area contributed by atoms with E-state index in [2.05, 4.69) is 65.8 Å². The minimum Gasteiger partial charge on any atom is -0.397 e. The molecule has 2 heteroatoms. The molecule has 0 atom stereocenters. The Bertz CT molecular complexity index is 704. The number of anilines is 1. The van der Waals surface area contributed by atoms with Crippen LogP contribution >= 0.6 is 0 Å². The van der Waals surface area contributed by atoms with Gasteiger partial charge in [0.15, 0.2) is 0 Å². The van der Waals surface area contributed by atoms with Crippen molar-refractivity contribution in [2.75, 3.05) is 5.73 Å². The van der Waals surface area contributed by atoms with Crippen LogP contribution in [0.1, 0.15) is 57.1 Å². The molecular formula is C22H32N2. The van der Waals surface area contributed by atoms with Gasteiger partial charge in [-0.1, -0.05) is 64.4 Å². The van der Waals surface area contributed by atoms with Gasteiger partial charge in [0.1, 0.15) is 0 Å². The minimum atomic E-state index is 0.189. The fourth-order valence-electron chi connectivity index (χ4n) is 3.14. The smallest absolute Gasteiger partial charge is 0.0613 e. The number of pyridine rings is 1. The molecule has 1 aromatic carbocycles. The number of hydrogen-bond donors (Lipinski definition) is 1. The van der Waals surface area contributed by atoms with Crippen LogP contribution in [0.2, 0.25) is 0 Å². The predicted octanol–water partition coefficient (Wildman–Crippen LogP) is 5.73. The van der Waals surface area contributed by atoms with Crippen LogP contribution < -0.4 is 5.73 Å². The lowest BCUT2D eigenvalue weighted by Gasteiger charge is -2.25. The Morgan fingerprint density at radius 2 is 1.62 bits per heavy atom. The molecule has 0 spiro atoms. The maximum Gasteiger partial charge on any atom is 0.0613 e. The summed E-state index contributed by atoms with van der Waals surface area (Å²) in [5.74, 6) is 0.574. The fourth-order valence-corrected chi connectivity index (χ4v) is 3.14. The monoisotopic (exact) mass is 324 g/mol. The first-order valence-corrected chi connectivity index (χ1v) is 8.93. The summed E-state index contributed by atoms with van der Waals surface area (Å²) in [5.41, 5.74) is 14.7. The summed E-state index contributed by atoms with van der Waals surface area (Å²) in [6, 6.07) is 8.69. The first-order valence-electron chi connectivity index (χ1n) is 8.93. The van der Waals surface area contributed by atoms with Crippen molar-refractivity contribution in [1.82, 2.24) is 4.98 Å². The van der Waals surface area contributed by atoms with Gasteiger partial charge < -0.3 is 5.73 Å². The van der Waals surface area contributed by atoms with Crippen LogP contribution in [-0.4, -0.2) is 4.98 Å². The van der Waals surface area contributed by atoms with Gasteiger partial charge in [-0.05, 0) is 49.1 Å². The zero-order chi connectivity index (χ0) is 18.1. The summed E-state index contributed by atoms with van der Waals surface area (Å²) in [6.07, 6.45) is 1.97. The molecule has 2 aromatic rings. The van der Waals surface area contributed by atoms with Crippen molar-refractivity contribution < 1.29 is 0 Å². The highest BCUT2D eigenvalue weighted by atomic mass is 14.8. The Morgan fingerprint density at radius 3 is 2.12 bits per heavy atom. The average molecular weight is 325 g/mol. The van der Waals surface area contributed by atoms with Crippen LogP contribution in [0.25, 0.3) is 11.1 Å². The molecule has 0 amide bonds. The summed E-state index contributed by atoms with van der Waals surface area (Å²) >= 11 is 0. The van der Waals surface area contributed by atoms with Gasteiger partial charge in [0, 0.05) is 11.3 Å². The van der Waals surface area contributed by atoms with Crippen molar-refractivity contribution in [3.05, 3.63) is 46.8 Å². The zero-order valence-electron chi connectivity index (χ0n) is 16.3. The predicted molar refractivity (Wildman–Crippen MR) is 105 cm³/mol. The number of nitrogens with two attached hydrogens (primary N) is 1. The summed E-state index contributed by atoms with van der Waals surface area (Å²) in [7, 11) is 0. The molecule has 0 aliphatic rings. The molecule has 2 N–H and O–H groups in total. The molecule has 2 nitrogen and oxygen atoms in total. The summed E-state index contributed by atoms with van der Waals surface area (Å²) in [4.78, 5) is 4.88. The van der Waals surface area contributed by atoms with Gasteiger partial charge in [-0.2, -0.15) is 0 Å². The Balaban J connectivity index is 2.73. The first kappa shape index (κ1) is 18.5. The third-order valence-electron chi connectivity index (χ3n) is 4.26. The molecule has 0 aliphatic carbocycles. The lowest BCUT2D eigenvalue weighted by Crippen LogP contribution is -2.16. The summed E-state index contributed by atoms with van der Waals surface area (Å²) < 4.78 is 0. The van der Waals surface area contributed by atoms with Crippen molar-refractivity contribution in [3.8, 4) is 11.1 Å². The van der Waals surface area contributed by atoms with E-state index in [4.69, 9.17) is 10.7 Å². The van der Waals surface area contributed by atoms with Crippen LogP contribution in [0.3, 0.4) is 0 Å². The van der Waals surface area contributed by atoms with Crippen molar-refractivity contribution in [1.29, 1.82) is 0 Å². The Labute approximate surface area is 147 Å². The van der Waals surface area contributed by atoms with Gasteiger partial charge >= 0.3 is 0 Å². The number of aromatic nitrogens is 1. The molecule has 0 unspecified atom stereocenters. The Kier molecular flexibility index (Phi) is 5.37. The number of nitrogen functional groups attached to an aromatic ring is 1. The minimum absolute atomic E-state index is 0.189. The van der Waals surface area contributed by atoms with E-state index in [0.717, 1.165) is 24.2 Å². The van der Waals surface area contributed by atoms with Gasteiger partial charge in [-0.25, -0.2) is 0 Å². The van der Waals surface area contributed by atoms with Gasteiger partial charge in [-0.3, -0.25) is 4.98 Å². The van der Waals surface area contributed by atoms with Gasteiger partial charge in [0.05, 0.1) is 11.4 Å². The quantitative estimate of drug-likeness (QED) is 0.779. The number of rotatable bonds is 4. The molecule has 0 saturated heterocycles. The molecule has 0 saturated carbocycles. The normalized spacial score (nSPS) is 12.0. The molecule has 0 aliphatic heterocycles. The van der Waals surface area contributed by atoms with Crippen LogP contribution in [0.5, 0.6) is 0 Å². The lowest BCUT2D eigenvalue weighted by molar-refractivity contribution is 0.408. The van der Waals surface area contributed by atoms with Crippen molar-refractivity contribution in [3.63, 3.8) is 0 Å². The summed E-state index contributed by atoms with van der Waals surface area (Å²) in [6.45, 7) is 15.5. The molecule has 1 aromatic heterocycles. The molecular weight excluding hydrogens is 292 g/mol. The number of aryl methyl sites for hydroxylation is 2. The molecule has 2 rings (SSSR count). The largest absolute Gasteiger partial charge is 0.397 e. The van der Waals surface area contributed by atoms with Gasteiger partial charge in [-0.15, -0.1) is 0 Å². The molecule has 0 radical (unpaired) electrons. The van der Waals surface area contributed by atoms with E-state index in [9.17, 15) is 0 Å². The van der Waals surface area contributed by atoms with E-state index in [1.54, 1.807) is 0 Å².